The first kappa shape index (κ1) is 11.1. The molecule has 0 atom stereocenters. The smallest absolute Gasteiger partial charge is 0.126 e. The van der Waals surface area contributed by atoms with Crippen molar-refractivity contribution in [1.82, 2.24) is 10.2 Å². The molecule has 1 aromatic heterocycles. The number of nitrogens with two attached hydrogens (primary N) is 1. The molecule has 4 N–H and O–H groups in total. The molecule has 0 aliphatic heterocycles. The molecule has 0 bridgehead atoms. The number of aromatic nitrogens is 2. The molecule has 94 valence electrons. The second-order valence-corrected chi connectivity index (χ2v) is 4.95. The Balaban J connectivity index is 2.29. The molecule has 1 aliphatic carbocycles. The van der Waals surface area contributed by atoms with E-state index < -0.39 is 0 Å². The number of aryl methyl sites for hydroxylation is 1. The summed E-state index contributed by atoms with van der Waals surface area (Å²) in [6.07, 6.45) is 6.17. The Bertz CT molecular complexity index is 601. The molecule has 0 spiro atoms. The fraction of sp³-hybridized carbons (Fsp3) is 0.357. The maximum absolute atomic E-state index is 10.2. The Morgan fingerprint density at radius 2 is 2.00 bits per heavy atom. The number of benzene rings is 1. The number of rotatable bonds is 1. The molecule has 2 aromatic rings. The molecule has 0 unspecified atom stereocenters. The van der Waals surface area contributed by atoms with Crippen LogP contribution in [0, 0.1) is 6.92 Å². The van der Waals surface area contributed by atoms with Gasteiger partial charge in [-0.3, -0.25) is 5.10 Å². The number of hydrogen-bond acceptors (Lipinski definition) is 3. The Kier molecular flexibility index (Phi) is 2.51. The number of phenols is 1. The molecule has 0 fully saturated rings. The number of fused-ring (bicyclic) bond motifs is 1. The summed E-state index contributed by atoms with van der Waals surface area (Å²) in [6, 6.07) is 1.84. The molecule has 0 saturated carbocycles. The van der Waals surface area contributed by atoms with Crippen molar-refractivity contribution in [2.24, 2.45) is 0 Å². The summed E-state index contributed by atoms with van der Waals surface area (Å²) in [5.41, 5.74) is 11.3. The van der Waals surface area contributed by atoms with Gasteiger partial charge in [-0.05, 0) is 55.4 Å². The number of H-pyrrole nitrogens is 1. The Morgan fingerprint density at radius 3 is 2.67 bits per heavy atom. The summed E-state index contributed by atoms with van der Waals surface area (Å²) in [5, 5.41) is 16.9. The highest BCUT2D eigenvalue weighted by Crippen LogP contribution is 2.41. The standard InChI is InChI=1S/C14H17N3O/c1-8-6-12(18)13(11-7-16-17-14(11)15)10-5-3-2-4-9(8)10/h6-7,18H,2-5H2,1H3,(H3,15,16,17). The van der Waals surface area contributed by atoms with E-state index in [2.05, 4.69) is 17.1 Å². The van der Waals surface area contributed by atoms with Crippen LogP contribution in [0.5, 0.6) is 5.75 Å². The van der Waals surface area contributed by atoms with Crippen molar-refractivity contribution in [1.29, 1.82) is 0 Å². The van der Waals surface area contributed by atoms with E-state index in [4.69, 9.17) is 5.73 Å². The van der Waals surface area contributed by atoms with Crippen LogP contribution in [0.4, 0.5) is 5.82 Å². The average molecular weight is 243 g/mol. The lowest BCUT2D eigenvalue weighted by atomic mass is 9.83. The third-order valence-corrected chi connectivity index (χ3v) is 3.79. The van der Waals surface area contributed by atoms with Gasteiger partial charge in [-0.25, -0.2) is 0 Å². The van der Waals surface area contributed by atoms with Gasteiger partial charge in [0, 0.05) is 11.1 Å². The molecule has 4 heteroatoms. The third kappa shape index (κ3) is 1.56. The van der Waals surface area contributed by atoms with Crippen LogP contribution in [0.2, 0.25) is 0 Å². The van der Waals surface area contributed by atoms with Gasteiger partial charge in [0.15, 0.2) is 0 Å². The van der Waals surface area contributed by atoms with Crippen molar-refractivity contribution in [3.05, 3.63) is 29.0 Å². The van der Waals surface area contributed by atoms with Gasteiger partial charge in [0.2, 0.25) is 0 Å². The van der Waals surface area contributed by atoms with E-state index in [1.807, 2.05) is 6.07 Å². The Morgan fingerprint density at radius 1 is 1.28 bits per heavy atom. The monoisotopic (exact) mass is 243 g/mol. The van der Waals surface area contributed by atoms with Crippen molar-refractivity contribution in [3.8, 4) is 16.9 Å². The maximum Gasteiger partial charge on any atom is 0.126 e. The highest BCUT2D eigenvalue weighted by molar-refractivity contribution is 5.82. The SMILES string of the molecule is Cc1cc(O)c(-c2cn[nH]c2N)c2c1CCCC2. The maximum atomic E-state index is 10.2. The Labute approximate surface area is 106 Å². The van der Waals surface area contributed by atoms with E-state index >= 15 is 0 Å². The quantitative estimate of drug-likeness (QED) is 0.720. The van der Waals surface area contributed by atoms with E-state index in [1.54, 1.807) is 6.20 Å². The normalized spacial score (nSPS) is 14.5. The minimum absolute atomic E-state index is 0.307. The van der Waals surface area contributed by atoms with Crippen LogP contribution < -0.4 is 5.73 Å². The van der Waals surface area contributed by atoms with Crippen LogP contribution in [-0.4, -0.2) is 15.3 Å². The summed E-state index contributed by atoms with van der Waals surface area (Å²) < 4.78 is 0. The van der Waals surface area contributed by atoms with Gasteiger partial charge in [-0.1, -0.05) is 0 Å². The number of aromatic hydroxyl groups is 1. The van der Waals surface area contributed by atoms with Crippen molar-refractivity contribution in [2.45, 2.75) is 32.6 Å². The zero-order valence-electron chi connectivity index (χ0n) is 10.5. The first-order valence-corrected chi connectivity index (χ1v) is 6.32. The van der Waals surface area contributed by atoms with E-state index in [9.17, 15) is 5.11 Å². The molecule has 1 aliphatic rings. The number of nitrogen functional groups attached to an aromatic ring is 1. The summed E-state index contributed by atoms with van der Waals surface area (Å²) >= 11 is 0. The fourth-order valence-corrected chi connectivity index (χ4v) is 2.93. The van der Waals surface area contributed by atoms with Gasteiger partial charge in [-0.15, -0.1) is 0 Å². The molecule has 1 aromatic carbocycles. The van der Waals surface area contributed by atoms with Crippen molar-refractivity contribution < 1.29 is 5.11 Å². The molecule has 0 amide bonds. The topological polar surface area (TPSA) is 74.9 Å². The average Bonchev–Trinajstić information content (AvgIpc) is 2.76. The zero-order valence-corrected chi connectivity index (χ0v) is 10.5. The van der Waals surface area contributed by atoms with Crippen LogP contribution in [0.25, 0.3) is 11.1 Å². The largest absolute Gasteiger partial charge is 0.507 e. The Hall–Kier alpha value is -1.97. The van der Waals surface area contributed by atoms with Gasteiger partial charge >= 0.3 is 0 Å². The first-order valence-electron chi connectivity index (χ1n) is 6.32. The second kappa shape index (κ2) is 4.05. The predicted octanol–water partition coefficient (Wildman–Crippen LogP) is 2.55. The molecule has 0 saturated heterocycles. The lowest BCUT2D eigenvalue weighted by Crippen LogP contribution is -2.07. The molecule has 1 heterocycles. The molecular formula is C14H17N3O. The highest BCUT2D eigenvalue weighted by atomic mass is 16.3. The number of anilines is 1. The van der Waals surface area contributed by atoms with Gasteiger partial charge < -0.3 is 10.8 Å². The minimum atomic E-state index is 0.307. The lowest BCUT2D eigenvalue weighted by Gasteiger charge is -2.22. The van der Waals surface area contributed by atoms with Crippen LogP contribution in [0.3, 0.4) is 0 Å². The number of aromatic amines is 1. The van der Waals surface area contributed by atoms with Crippen LogP contribution in [0.1, 0.15) is 29.5 Å². The first-order chi connectivity index (χ1) is 8.68. The molecule has 18 heavy (non-hydrogen) atoms. The summed E-state index contributed by atoms with van der Waals surface area (Å²) in [4.78, 5) is 0. The summed E-state index contributed by atoms with van der Waals surface area (Å²) in [5.74, 6) is 0.822. The van der Waals surface area contributed by atoms with Crippen LogP contribution in [-0.2, 0) is 12.8 Å². The second-order valence-electron chi connectivity index (χ2n) is 4.95. The van der Waals surface area contributed by atoms with E-state index in [0.717, 1.165) is 24.0 Å². The fourth-order valence-electron chi connectivity index (χ4n) is 2.93. The van der Waals surface area contributed by atoms with Crippen LogP contribution >= 0.6 is 0 Å². The number of nitrogens with one attached hydrogen (secondary N) is 1. The minimum Gasteiger partial charge on any atom is -0.507 e. The van der Waals surface area contributed by atoms with E-state index in [0.29, 0.717) is 11.6 Å². The summed E-state index contributed by atoms with van der Waals surface area (Å²) in [7, 11) is 0. The van der Waals surface area contributed by atoms with Gasteiger partial charge in [0.1, 0.15) is 11.6 Å². The molecular weight excluding hydrogens is 226 g/mol. The molecule has 4 nitrogen and oxygen atoms in total. The van der Waals surface area contributed by atoms with E-state index in [1.165, 1.54) is 29.5 Å². The van der Waals surface area contributed by atoms with Gasteiger partial charge in [-0.2, -0.15) is 5.10 Å². The molecule has 0 radical (unpaired) electrons. The van der Waals surface area contributed by atoms with Gasteiger partial charge in [0.25, 0.3) is 0 Å². The lowest BCUT2D eigenvalue weighted by molar-refractivity contribution is 0.475. The van der Waals surface area contributed by atoms with Crippen molar-refractivity contribution >= 4 is 5.82 Å². The van der Waals surface area contributed by atoms with Crippen molar-refractivity contribution in [2.75, 3.05) is 5.73 Å². The summed E-state index contributed by atoms with van der Waals surface area (Å²) in [6.45, 7) is 2.06. The third-order valence-electron chi connectivity index (χ3n) is 3.79. The zero-order chi connectivity index (χ0) is 12.7. The number of phenolic OH excluding ortho intramolecular Hbond substituents is 1. The number of nitrogens with zero attached hydrogens (tertiary/aromatic N) is 1. The number of hydrogen-bond donors (Lipinski definition) is 3. The van der Waals surface area contributed by atoms with E-state index in [-0.39, 0.29) is 0 Å². The highest BCUT2D eigenvalue weighted by Gasteiger charge is 2.21. The van der Waals surface area contributed by atoms with Crippen molar-refractivity contribution in [3.63, 3.8) is 0 Å². The molecule has 3 rings (SSSR count). The van der Waals surface area contributed by atoms with Crippen LogP contribution in [0.15, 0.2) is 12.3 Å². The predicted molar refractivity (Wildman–Crippen MR) is 71.5 cm³/mol. The van der Waals surface area contributed by atoms with Gasteiger partial charge in [0.05, 0.1) is 6.20 Å².